The third-order valence-electron chi connectivity index (χ3n) is 3.44. The van der Waals surface area contributed by atoms with Gasteiger partial charge in [-0.05, 0) is 26.0 Å². The van der Waals surface area contributed by atoms with Gasteiger partial charge in [0.25, 0.3) is 0 Å². The van der Waals surface area contributed by atoms with Crippen molar-refractivity contribution in [1.82, 2.24) is 4.90 Å². The summed E-state index contributed by atoms with van der Waals surface area (Å²) in [7, 11) is 1.63. The first kappa shape index (κ1) is 14.6. The quantitative estimate of drug-likeness (QED) is 0.795. The molecule has 1 heterocycles. The van der Waals surface area contributed by atoms with Crippen LogP contribution in [0.3, 0.4) is 0 Å². The van der Waals surface area contributed by atoms with Crippen molar-refractivity contribution < 1.29 is 14.3 Å². The van der Waals surface area contributed by atoms with E-state index in [0.29, 0.717) is 13.2 Å². The van der Waals surface area contributed by atoms with E-state index in [1.807, 2.05) is 43.0 Å². The molecule has 4 nitrogen and oxygen atoms in total. The summed E-state index contributed by atoms with van der Waals surface area (Å²) in [4.78, 5) is 14.1. The number of para-hydroxylation sites is 1. The molecule has 0 spiro atoms. The van der Waals surface area contributed by atoms with Crippen LogP contribution in [0.25, 0.3) is 6.08 Å². The van der Waals surface area contributed by atoms with Gasteiger partial charge in [-0.3, -0.25) is 4.79 Å². The molecule has 1 aromatic carbocycles. The molecule has 1 aliphatic rings. The Morgan fingerprint density at radius 1 is 1.40 bits per heavy atom. The highest BCUT2D eigenvalue weighted by atomic mass is 16.5. The SMILES string of the molecule is COc1ccccc1/C=C\C(=O)N1C[C@H](C)OC[C@H]1C. The largest absolute Gasteiger partial charge is 0.496 e. The van der Waals surface area contributed by atoms with Crippen molar-refractivity contribution in [1.29, 1.82) is 0 Å². The third kappa shape index (κ3) is 3.39. The topological polar surface area (TPSA) is 38.8 Å². The van der Waals surface area contributed by atoms with E-state index in [2.05, 4.69) is 0 Å². The molecule has 1 aromatic rings. The number of amides is 1. The summed E-state index contributed by atoms with van der Waals surface area (Å²) in [6.07, 6.45) is 3.50. The second kappa shape index (κ2) is 6.57. The smallest absolute Gasteiger partial charge is 0.246 e. The zero-order valence-electron chi connectivity index (χ0n) is 12.2. The highest BCUT2D eigenvalue weighted by Crippen LogP contribution is 2.19. The predicted octanol–water partition coefficient (Wildman–Crippen LogP) is 2.34. The number of benzene rings is 1. The lowest BCUT2D eigenvalue weighted by Crippen LogP contribution is -2.49. The monoisotopic (exact) mass is 275 g/mol. The number of ether oxygens (including phenoxy) is 2. The van der Waals surface area contributed by atoms with Gasteiger partial charge in [0.15, 0.2) is 0 Å². The van der Waals surface area contributed by atoms with E-state index in [0.717, 1.165) is 11.3 Å². The number of methoxy groups -OCH3 is 1. The first-order valence-corrected chi connectivity index (χ1v) is 6.85. The molecule has 1 fully saturated rings. The molecule has 20 heavy (non-hydrogen) atoms. The normalized spacial score (nSPS) is 23.1. The molecule has 0 aromatic heterocycles. The van der Waals surface area contributed by atoms with Crippen molar-refractivity contribution in [3.63, 3.8) is 0 Å². The Labute approximate surface area is 120 Å². The van der Waals surface area contributed by atoms with E-state index >= 15 is 0 Å². The zero-order chi connectivity index (χ0) is 14.5. The van der Waals surface area contributed by atoms with Crippen LogP contribution in [0, 0.1) is 0 Å². The first-order valence-electron chi connectivity index (χ1n) is 6.85. The first-order chi connectivity index (χ1) is 9.61. The number of rotatable bonds is 3. The van der Waals surface area contributed by atoms with E-state index in [-0.39, 0.29) is 18.1 Å². The summed E-state index contributed by atoms with van der Waals surface area (Å²) in [5.74, 6) is 0.776. The van der Waals surface area contributed by atoms with Crippen LogP contribution in [-0.2, 0) is 9.53 Å². The van der Waals surface area contributed by atoms with Gasteiger partial charge in [0.05, 0.1) is 25.9 Å². The number of carbonyl (C=O) groups excluding carboxylic acids is 1. The average Bonchev–Trinajstić information content (AvgIpc) is 2.47. The number of nitrogens with zero attached hydrogens (tertiary/aromatic N) is 1. The van der Waals surface area contributed by atoms with Gasteiger partial charge in [-0.2, -0.15) is 0 Å². The lowest BCUT2D eigenvalue weighted by molar-refractivity contribution is -0.137. The second-order valence-electron chi connectivity index (χ2n) is 5.06. The lowest BCUT2D eigenvalue weighted by Gasteiger charge is -2.36. The van der Waals surface area contributed by atoms with E-state index in [4.69, 9.17) is 9.47 Å². The Morgan fingerprint density at radius 3 is 2.90 bits per heavy atom. The van der Waals surface area contributed by atoms with Crippen molar-refractivity contribution in [2.24, 2.45) is 0 Å². The summed E-state index contributed by atoms with van der Waals surface area (Å²) >= 11 is 0. The van der Waals surface area contributed by atoms with E-state index < -0.39 is 0 Å². The number of morpholine rings is 1. The Morgan fingerprint density at radius 2 is 2.15 bits per heavy atom. The van der Waals surface area contributed by atoms with E-state index in [9.17, 15) is 4.79 Å². The fourth-order valence-electron chi connectivity index (χ4n) is 2.27. The van der Waals surface area contributed by atoms with Crippen LogP contribution in [0.1, 0.15) is 19.4 Å². The fourth-order valence-corrected chi connectivity index (χ4v) is 2.27. The molecule has 0 bridgehead atoms. The molecule has 2 atom stereocenters. The molecule has 0 saturated carbocycles. The Balaban J connectivity index is 2.08. The molecule has 4 heteroatoms. The summed E-state index contributed by atoms with van der Waals surface area (Å²) in [6, 6.07) is 7.74. The zero-order valence-corrected chi connectivity index (χ0v) is 12.2. The van der Waals surface area contributed by atoms with Crippen molar-refractivity contribution in [2.45, 2.75) is 26.0 Å². The maximum atomic E-state index is 12.3. The minimum absolute atomic E-state index is 0.0126. The summed E-state index contributed by atoms with van der Waals surface area (Å²) in [5, 5.41) is 0. The Hall–Kier alpha value is -1.81. The second-order valence-corrected chi connectivity index (χ2v) is 5.06. The standard InChI is InChI=1S/C16H21NO3/c1-12-11-20-13(2)10-17(12)16(18)9-8-14-6-4-5-7-15(14)19-3/h4-9,12-13H,10-11H2,1-3H3/b9-8-/t12-,13+/m1/s1. The van der Waals surface area contributed by atoms with Gasteiger partial charge in [0.2, 0.25) is 5.91 Å². The van der Waals surface area contributed by atoms with Gasteiger partial charge in [-0.15, -0.1) is 0 Å². The number of carbonyl (C=O) groups is 1. The molecule has 0 unspecified atom stereocenters. The molecule has 0 radical (unpaired) electrons. The highest BCUT2D eigenvalue weighted by Gasteiger charge is 2.25. The number of hydrogen-bond donors (Lipinski definition) is 0. The summed E-state index contributed by atoms with van der Waals surface area (Å²) in [5.41, 5.74) is 0.900. The molecular formula is C16H21NO3. The third-order valence-corrected chi connectivity index (χ3v) is 3.44. The van der Waals surface area contributed by atoms with Gasteiger partial charge in [-0.1, -0.05) is 18.2 Å². The Kier molecular flexibility index (Phi) is 4.79. The molecule has 1 aliphatic heterocycles. The molecule has 0 N–H and O–H groups in total. The van der Waals surface area contributed by atoms with E-state index in [1.54, 1.807) is 19.3 Å². The van der Waals surface area contributed by atoms with Gasteiger partial charge >= 0.3 is 0 Å². The van der Waals surface area contributed by atoms with Gasteiger partial charge in [-0.25, -0.2) is 0 Å². The van der Waals surface area contributed by atoms with Crippen LogP contribution < -0.4 is 4.74 Å². The maximum Gasteiger partial charge on any atom is 0.246 e. The van der Waals surface area contributed by atoms with Crippen LogP contribution in [-0.4, -0.2) is 43.2 Å². The molecule has 1 saturated heterocycles. The molecular weight excluding hydrogens is 254 g/mol. The van der Waals surface area contributed by atoms with Crippen LogP contribution in [0.5, 0.6) is 5.75 Å². The maximum absolute atomic E-state index is 12.3. The number of hydrogen-bond acceptors (Lipinski definition) is 3. The van der Waals surface area contributed by atoms with Gasteiger partial charge in [0.1, 0.15) is 5.75 Å². The van der Waals surface area contributed by atoms with Crippen LogP contribution in [0.4, 0.5) is 0 Å². The van der Waals surface area contributed by atoms with Gasteiger partial charge in [0, 0.05) is 18.2 Å². The van der Waals surface area contributed by atoms with Crippen molar-refractivity contribution in [2.75, 3.05) is 20.3 Å². The van der Waals surface area contributed by atoms with Gasteiger partial charge < -0.3 is 14.4 Å². The fraction of sp³-hybridized carbons (Fsp3) is 0.438. The molecule has 108 valence electrons. The van der Waals surface area contributed by atoms with Crippen molar-refractivity contribution in [3.8, 4) is 5.75 Å². The van der Waals surface area contributed by atoms with Crippen LogP contribution in [0.2, 0.25) is 0 Å². The summed E-state index contributed by atoms with van der Waals surface area (Å²) < 4.78 is 10.8. The average molecular weight is 275 g/mol. The van der Waals surface area contributed by atoms with Crippen LogP contribution >= 0.6 is 0 Å². The van der Waals surface area contributed by atoms with Crippen molar-refractivity contribution in [3.05, 3.63) is 35.9 Å². The van der Waals surface area contributed by atoms with Crippen molar-refractivity contribution >= 4 is 12.0 Å². The molecule has 0 aliphatic carbocycles. The van der Waals surface area contributed by atoms with Crippen LogP contribution in [0.15, 0.2) is 30.3 Å². The molecule has 2 rings (SSSR count). The van der Waals surface area contributed by atoms with E-state index in [1.165, 1.54) is 0 Å². The highest BCUT2D eigenvalue weighted by molar-refractivity contribution is 5.92. The summed E-state index contributed by atoms with van der Waals surface area (Å²) in [6.45, 7) is 5.21. The minimum atomic E-state index is 0.0126. The minimum Gasteiger partial charge on any atom is -0.496 e. The lowest BCUT2D eigenvalue weighted by atomic mass is 10.1. The Bertz CT molecular complexity index is 498. The predicted molar refractivity (Wildman–Crippen MR) is 78.6 cm³/mol. The molecule has 1 amide bonds.